The third kappa shape index (κ3) is 3.02. The molecule has 0 fully saturated rings. The number of benzene rings is 1. The van der Waals surface area contributed by atoms with Crippen LogP contribution in [0.3, 0.4) is 0 Å². The van der Waals surface area contributed by atoms with Gasteiger partial charge in [0.05, 0.1) is 11.0 Å². The highest BCUT2D eigenvalue weighted by Gasteiger charge is 2.15. The van der Waals surface area contributed by atoms with Crippen molar-refractivity contribution in [2.45, 2.75) is 32.8 Å². The minimum absolute atomic E-state index is 0.0908. The molecular weight excluding hydrogens is 194 g/mol. The van der Waals surface area contributed by atoms with Gasteiger partial charge in [-0.1, -0.05) is 18.6 Å². The molecule has 82 valence electrons. The van der Waals surface area contributed by atoms with Gasteiger partial charge in [0, 0.05) is 18.1 Å². The van der Waals surface area contributed by atoms with Crippen LogP contribution in [0.5, 0.6) is 0 Å². The fourth-order valence-electron chi connectivity index (χ4n) is 1.45. The third-order valence-electron chi connectivity index (χ3n) is 2.36. The van der Waals surface area contributed by atoms with Crippen molar-refractivity contribution in [1.82, 2.24) is 0 Å². The number of hydrogen-bond acceptors (Lipinski definition) is 3. The minimum Gasteiger partial charge on any atom is -0.393 e. The van der Waals surface area contributed by atoms with Gasteiger partial charge < -0.3 is 5.11 Å². The molecule has 1 N–H and O–H groups in total. The van der Waals surface area contributed by atoms with E-state index in [9.17, 15) is 15.2 Å². The van der Waals surface area contributed by atoms with E-state index in [1.807, 2.05) is 13.8 Å². The number of aliphatic hydroxyl groups excluding tert-OH is 1. The zero-order chi connectivity index (χ0) is 11.4. The average Bonchev–Trinajstić information content (AvgIpc) is 2.17. The van der Waals surface area contributed by atoms with Gasteiger partial charge >= 0.3 is 0 Å². The standard InChI is InChI=1S/C11H15NO3/c1-3-10(13)7-9-6-8(2)4-5-11(9)12(14)15/h4-6,10,13H,3,7H2,1-2H3. The fraction of sp³-hybridized carbons (Fsp3) is 0.455. The van der Waals surface area contributed by atoms with Crippen molar-refractivity contribution in [1.29, 1.82) is 0 Å². The minimum atomic E-state index is -0.509. The molecule has 4 heteroatoms. The molecule has 0 saturated carbocycles. The van der Waals surface area contributed by atoms with E-state index in [1.165, 1.54) is 6.07 Å². The Labute approximate surface area is 88.7 Å². The van der Waals surface area contributed by atoms with Crippen LogP contribution in [0.2, 0.25) is 0 Å². The van der Waals surface area contributed by atoms with Crippen molar-refractivity contribution in [2.75, 3.05) is 0 Å². The van der Waals surface area contributed by atoms with Crippen molar-refractivity contribution >= 4 is 5.69 Å². The Morgan fingerprint density at radius 3 is 2.73 bits per heavy atom. The van der Waals surface area contributed by atoms with Crippen LogP contribution in [-0.2, 0) is 6.42 Å². The van der Waals surface area contributed by atoms with Gasteiger partial charge in [0.15, 0.2) is 0 Å². The zero-order valence-electron chi connectivity index (χ0n) is 8.93. The molecule has 0 aromatic heterocycles. The maximum atomic E-state index is 10.7. The molecule has 0 spiro atoms. The topological polar surface area (TPSA) is 63.4 Å². The smallest absolute Gasteiger partial charge is 0.272 e. The SMILES string of the molecule is CCC(O)Cc1cc(C)ccc1[N+](=O)[O-]. The fourth-order valence-corrected chi connectivity index (χ4v) is 1.45. The molecule has 1 atom stereocenters. The number of nitrogens with zero attached hydrogens (tertiary/aromatic N) is 1. The predicted molar refractivity (Wildman–Crippen MR) is 57.8 cm³/mol. The summed E-state index contributed by atoms with van der Waals surface area (Å²) in [5.74, 6) is 0. The van der Waals surface area contributed by atoms with Crippen LogP contribution in [0, 0.1) is 17.0 Å². The molecule has 0 heterocycles. The number of hydrogen-bond donors (Lipinski definition) is 1. The maximum absolute atomic E-state index is 10.7. The summed E-state index contributed by atoms with van der Waals surface area (Å²) in [6.07, 6.45) is 0.435. The van der Waals surface area contributed by atoms with E-state index in [-0.39, 0.29) is 5.69 Å². The Hall–Kier alpha value is -1.42. The summed E-state index contributed by atoms with van der Waals surface area (Å²) in [5, 5.41) is 20.2. The highest BCUT2D eigenvalue weighted by atomic mass is 16.6. The van der Waals surface area contributed by atoms with Gasteiger partial charge in [0.1, 0.15) is 0 Å². The van der Waals surface area contributed by atoms with E-state index >= 15 is 0 Å². The lowest BCUT2D eigenvalue weighted by molar-refractivity contribution is -0.385. The summed E-state index contributed by atoms with van der Waals surface area (Å²) >= 11 is 0. The second-order valence-corrected chi connectivity index (χ2v) is 3.66. The van der Waals surface area contributed by atoms with Gasteiger partial charge in [-0.05, 0) is 19.4 Å². The van der Waals surface area contributed by atoms with Gasteiger partial charge in [-0.3, -0.25) is 10.1 Å². The molecule has 1 aromatic carbocycles. The normalized spacial score (nSPS) is 12.5. The Morgan fingerprint density at radius 2 is 2.20 bits per heavy atom. The van der Waals surface area contributed by atoms with Crippen LogP contribution in [0.1, 0.15) is 24.5 Å². The molecular formula is C11H15NO3. The van der Waals surface area contributed by atoms with E-state index in [0.29, 0.717) is 18.4 Å². The monoisotopic (exact) mass is 209 g/mol. The predicted octanol–water partition coefficient (Wildman–Crippen LogP) is 2.22. The van der Waals surface area contributed by atoms with Crippen LogP contribution in [0.15, 0.2) is 18.2 Å². The first kappa shape index (κ1) is 11.7. The summed E-state index contributed by atoms with van der Waals surface area (Å²) in [6, 6.07) is 4.96. The van der Waals surface area contributed by atoms with Crippen LogP contribution in [0.25, 0.3) is 0 Å². The number of aliphatic hydroxyl groups is 1. The van der Waals surface area contributed by atoms with Gasteiger partial charge in [0.25, 0.3) is 5.69 Å². The van der Waals surface area contributed by atoms with Crippen LogP contribution in [-0.4, -0.2) is 16.1 Å². The molecule has 0 aliphatic rings. The van der Waals surface area contributed by atoms with Crippen LogP contribution in [0.4, 0.5) is 5.69 Å². The van der Waals surface area contributed by atoms with E-state index in [4.69, 9.17) is 0 Å². The lowest BCUT2D eigenvalue weighted by Gasteiger charge is -2.08. The summed E-state index contributed by atoms with van der Waals surface area (Å²) in [4.78, 5) is 10.3. The average molecular weight is 209 g/mol. The summed E-state index contributed by atoms with van der Waals surface area (Å²) in [6.45, 7) is 3.73. The highest BCUT2D eigenvalue weighted by molar-refractivity contribution is 5.42. The van der Waals surface area contributed by atoms with Crippen LogP contribution < -0.4 is 0 Å². The Bertz CT molecular complexity index is 363. The van der Waals surface area contributed by atoms with E-state index < -0.39 is 11.0 Å². The molecule has 4 nitrogen and oxygen atoms in total. The molecule has 0 aliphatic carbocycles. The Morgan fingerprint density at radius 1 is 1.53 bits per heavy atom. The van der Waals surface area contributed by atoms with E-state index in [1.54, 1.807) is 12.1 Å². The van der Waals surface area contributed by atoms with Crippen molar-refractivity contribution in [2.24, 2.45) is 0 Å². The second kappa shape index (κ2) is 4.89. The summed E-state index contributed by atoms with van der Waals surface area (Å²) in [7, 11) is 0. The first-order chi connectivity index (χ1) is 7.04. The van der Waals surface area contributed by atoms with Crippen molar-refractivity contribution in [3.63, 3.8) is 0 Å². The third-order valence-corrected chi connectivity index (χ3v) is 2.36. The van der Waals surface area contributed by atoms with Gasteiger partial charge in [-0.15, -0.1) is 0 Å². The van der Waals surface area contributed by atoms with E-state index in [2.05, 4.69) is 0 Å². The first-order valence-corrected chi connectivity index (χ1v) is 4.96. The number of aryl methyl sites for hydroxylation is 1. The molecule has 0 radical (unpaired) electrons. The molecule has 1 aromatic rings. The van der Waals surface area contributed by atoms with Crippen molar-refractivity contribution < 1.29 is 10.0 Å². The zero-order valence-corrected chi connectivity index (χ0v) is 8.93. The number of rotatable bonds is 4. The number of nitro benzene ring substituents is 1. The molecule has 0 saturated heterocycles. The molecule has 1 rings (SSSR count). The Kier molecular flexibility index (Phi) is 3.80. The summed E-state index contributed by atoms with van der Waals surface area (Å²) < 4.78 is 0. The summed E-state index contributed by atoms with van der Waals surface area (Å²) in [5.41, 5.74) is 1.67. The molecule has 1 unspecified atom stereocenters. The highest BCUT2D eigenvalue weighted by Crippen LogP contribution is 2.21. The van der Waals surface area contributed by atoms with Gasteiger partial charge in [-0.2, -0.15) is 0 Å². The van der Waals surface area contributed by atoms with Crippen LogP contribution >= 0.6 is 0 Å². The number of nitro groups is 1. The van der Waals surface area contributed by atoms with Gasteiger partial charge in [-0.25, -0.2) is 0 Å². The van der Waals surface area contributed by atoms with Crippen molar-refractivity contribution in [3.8, 4) is 0 Å². The molecule has 0 amide bonds. The lowest BCUT2D eigenvalue weighted by Crippen LogP contribution is -2.10. The largest absolute Gasteiger partial charge is 0.393 e. The van der Waals surface area contributed by atoms with E-state index in [0.717, 1.165) is 5.56 Å². The van der Waals surface area contributed by atoms with Crippen molar-refractivity contribution in [3.05, 3.63) is 39.4 Å². The first-order valence-electron chi connectivity index (χ1n) is 4.96. The lowest BCUT2D eigenvalue weighted by atomic mass is 10.0. The van der Waals surface area contributed by atoms with Gasteiger partial charge in [0.2, 0.25) is 0 Å². The Balaban J connectivity index is 3.02. The molecule has 0 aliphatic heterocycles. The molecule has 0 bridgehead atoms. The molecule has 15 heavy (non-hydrogen) atoms. The maximum Gasteiger partial charge on any atom is 0.272 e. The second-order valence-electron chi connectivity index (χ2n) is 3.66. The quantitative estimate of drug-likeness (QED) is 0.610.